The average Bonchev–Trinajstić information content (AvgIpc) is 2.28. The Morgan fingerprint density at radius 3 is 2.33 bits per heavy atom. The van der Waals surface area contributed by atoms with Crippen molar-refractivity contribution in [3.05, 3.63) is 0 Å². The van der Waals surface area contributed by atoms with Gasteiger partial charge in [0.2, 0.25) is 0 Å². The lowest BCUT2D eigenvalue weighted by Crippen LogP contribution is -2.54. The minimum absolute atomic E-state index is 0.343. The zero-order valence-corrected chi connectivity index (χ0v) is 12.7. The SMILES string of the molecule is CC1CC(CN2CCN(C(C)(C)C)CC2)CCN1. The molecule has 1 N–H and O–H groups in total. The van der Waals surface area contributed by atoms with Crippen LogP contribution < -0.4 is 5.32 Å². The van der Waals surface area contributed by atoms with E-state index in [1.807, 2.05) is 0 Å². The molecule has 0 amide bonds. The maximum Gasteiger partial charge on any atom is 0.0126 e. The van der Waals surface area contributed by atoms with E-state index in [-0.39, 0.29) is 0 Å². The molecule has 0 aromatic rings. The highest BCUT2D eigenvalue weighted by Crippen LogP contribution is 2.20. The Morgan fingerprint density at radius 1 is 1.11 bits per heavy atom. The minimum atomic E-state index is 0.343. The maximum absolute atomic E-state index is 3.55. The molecule has 3 nitrogen and oxygen atoms in total. The number of nitrogens with zero attached hydrogens (tertiary/aromatic N) is 2. The summed E-state index contributed by atoms with van der Waals surface area (Å²) >= 11 is 0. The first-order valence-electron chi connectivity index (χ1n) is 7.66. The topological polar surface area (TPSA) is 18.5 Å². The largest absolute Gasteiger partial charge is 0.314 e. The van der Waals surface area contributed by atoms with Crippen molar-refractivity contribution in [1.29, 1.82) is 0 Å². The first-order valence-corrected chi connectivity index (χ1v) is 7.66. The molecule has 0 bridgehead atoms. The van der Waals surface area contributed by atoms with Gasteiger partial charge in [-0.3, -0.25) is 4.90 Å². The minimum Gasteiger partial charge on any atom is -0.314 e. The van der Waals surface area contributed by atoms with Crippen molar-refractivity contribution < 1.29 is 0 Å². The number of piperidine rings is 1. The average molecular weight is 253 g/mol. The van der Waals surface area contributed by atoms with Gasteiger partial charge >= 0.3 is 0 Å². The summed E-state index contributed by atoms with van der Waals surface area (Å²) in [7, 11) is 0. The van der Waals surface area contributed by atoms with Crippen LogP contribution in [-0.4, -0.2) is 60.6 Å². The van der Waals surface area contributed by atoms with Crippen molar-refractivity contribution in [1.82, 2.24) is 15.1 Å². The Morgan fingerprint density at radius 2 is 1.78 bits per heavy atom. The molecule has 2 heterocycles. The van der Waals surface area contributed by atoms with E-state index in [4.69, 9.17) is 0 Å². The molecule has 18 heavy (non-hydrogen) atoms. The van der Waals surface area contributed by atoms with Crippen LogP contribution in [0.5, 0.6) is 0 Å². The zero-order valence-electron chi connectivity index (χ0n) is 12.7. The molecule has 106 valence electrons. The molecule has 2 fully saturated rings. The molecule has 2 aliphatic heterocycles. The normalized spacial score (nSPS) is 32.7. The van der Waals surface area contributed by atoms with Crippen LogP contribution in [0.15, 0.2) is 0 Å². The molecular weight excluding hydrogens is 222 g/mol. The van der Waals surface area contributed by atoms with Gasteiger partial charge in [-0.2, -0.15) is 0 Å². The monoisotopic (exact) mass is 253 g/mol. The second-order valence-corrected chi connectivity index (χ2v) is 7.20. The van der Waals surface area contributed by atoms with E-state index in [0.29, 0.717) is 5.54 Å². The Balaban J connectivity index is 1.73. The molecule has 0 aromatic carbocycles. The molecule has 2 aliphatic rings. The highest BCUT2D eigenvalue weighted by atomic mass is 15.3. The van der Waals surface area contributed by atoms with Gasteiger partial charge in [0, 0.05) is 44.3 Å². The fraction of sp³-hybridized carbons (Fsp3) is 1.00. The predicted molar refractivity (Wildman–Crippen MR) is 78.0 cm³/mol. The molecular formula is C15H31N3. The standard InChI is InChI=1S/C15H31N3/c1-13-11-14(5-6-16-13)12-17-7-9-18(10-8-17)15(2,3)4/h13-14,16H,5-12H2,1-4H3. The van der Waals surface area contributed by atoms with Crippen LogP contribution in [0.2, 0.25) is 0 Å². The summed E-state index contributed by atoms with van der Waals surface area (Å²) in [6.45, 7) is 16.9. The molecule has 2 saturated heterocycles. The van der Waals surface area contributed by atoms with Gasteiger partial charge in [-0.15, -0.1) is 0 Å². The van der Waals surface area contributed by atoms with Crippen molar-refractivity contribution >= 4 is 0 Å². The van der Waals surface area contributed by atoms with Gasteiger partial charge < -0.3 is 10.2 Å². The number of nitrogens with one attached hydrogen (secondary N) is 1. The summed E-state index contributed by atoms with van der Waals surface area (Å²) in [6.07, 6.45) is 2.73. The predicted octanol–water partition coefficient (Wildman–Crippen LogP) is 1.79. The highest BCUT2D eigenvalue weighted by molar-refractivity contribution is 4.84. The summed E-state index contributed by atoms with van der Waals surface area (Å²) in [5.74, 6) is 0.919. The van der Waals surface area contributed by atoms with Crippen LogP contribution in [-0.2, 0) is 0 Å². The fourth-order valence-electron chi connectivity index (χ4n) is 3.37. The lowest BCUT2D eigenvalue weighted by atomic mass is 9.92. The Bertz CT molecular complexity index is 251. The Kier molecular flexibility index (Phi) is 4.68. The number of hydrogen-bond donors (Lipinski definition) is 1. The van der Waals surface area contributed by atoms with Gasteiger partial charge in [-0.1, -0.05) is 0 Å². The highest BCUT2D eigenvalue weighted by Gasteiger charge is 2.27. The lowest BCUT2D eigenvalue weighted by Gasteiger charge is -2.43. The molecule has 0 saturated carbocycles. The summed E-state index contributed by atoms with van der Waals surface area (Å²) in [4.78, 5) is 5.31. The van der Waals surface area contributed by atoms with E-state index < -0.39 is 0 Å². The molecule has 3 heteroatoms. The third-order valence-corrected chi connectivity index (χ3v) is 4.57. The first kappa shape index (κ1) is 14.3. The van der Waals surface area contributed by atoms with Crippen molar-refractivity contribution in [2.45, 2.75) is 52.1 Å². The molecule has 0 radical (unpaired) electrons. The second kappa shape index (κ2) is 5.89. The summed E-state index contributed by atoms with van der Waals surface area (Å²) < 4.78 is 0. The van der Waals surface area contributed by atoms with E-state index in [1.165, 1.54) is 52.1 Å². The van der Waals surface area contributed by atoms with E-state index in [2.05, 4.69) is 42.8 Å². The molecule has 0 aliphatic carbocycles. The van der Waals surface area contributed by atoms with Crippen molar-refractivity contribution in [3.8, 4) is 0 Å². The number of rotatable bonds is 2. The van der Waals surface area contributed by atoms with Crippen LogP contribution in [0.4, 0.5) is 0 Å². The molecule has 2 rings (SSSR count). The van der Waals surface area contributed by atoms with Gasteiger partial charge in [0.15, 0.2) is 0 Å². The van der Waals surface area contributed by atoms with Crippen molar-refractivity contribution in [2.75, 3.05) is 39.3 Å². The lowest BCUT2D eigenvalue weighted by molar-refractivity contribution is 0.0515. The first-order chi connectivity index (χ1) is 8.45. The van der Waals surface area contributed by atoms with E-state index in [0.717, 1.165) is 12.0 Å². The van der Waals surface area contributed by atoms with Crippen molar-refractivity contribution in [2.24, 2.45) is 5.92 Å². The summed E-state index contributed by atoms with van der Waals surface area (Å²) in [5.41, 5.74) is 0.343. The Hall–Kier alpha value is -0.120. The van der Waals surface area contributed by atoms with E-state index in [1.54, 1.807) is 0 Å². The van der Waals surface area contributed by atoms with Crippen LogP contribution in [0.25, 0.3) is 0 Å². The number of hydrogen-bond acceptors (Lipinski definition) is 3. The smallest absolute Gasteiger partial charge is 0.0126 e. The van der Waals surface area contributed by atoms with Crippen LogP contribution in [0.1, 0.15) is 40.5 Å². The second-order valence-electron chi connectivity index (χ2n) is 7.20. The summed E-state index contributed by atoms with van der Waals surface area (Å²) in [6, 6.07) is 0.722. The maximum atomic E-state index is 3.55. The van der Waals surface area contributed by atoms with Crippen LogP contribution in [0.3, 0.4) is 0 Å². The van der Waals surface area contributed by atoms with Gasteiger partial charge in [-0.25, -0.2) is 0 Å². The molecule has 2 unspecified atom stereocenters. The third kappa shape index (κ3) is 3.94. The van der Waals surface area contributed by atoms with Crippen LogP contribution in [0, 0.1) is 5.92 Å². The number of piperazine rings is 1. The molecule has 0 spiro atoms. The van der Waals surface area contributed by atoms with E-state index >= 15 is 0 Å². The van der Waals surface area contributed by atoms with Crippen LogP contribution >= 0.6 is 0 Å². The summed E-state index contributed by atoms with van der Waals surface area (Å²) in [5, 5.41) is 3.55. The van der Waals surface area contributed by atoms with Crippen molar-refractivity contribution in [3.63, 3.8) is 0 Å². The van der Waals surface area contributed by atoms with Gasteiger partial charge in [0.25, 0.3) is 0 Å². The Labute approximate surface area is 113 Å². The molecule has 0 aromatic heterocycles. The van der Waals surface area contributed by atoms with Gasteiger partial charge in [0.1, 0.15) is 0 Å². The van der Waals surface area contributed by atoms with Gasteiger partial charge in [0.05, 0.1) is 0 Å². The van der Waals surface area contributed by atoms with E-state index in [9.17, 15) is 0 Å². The third-order valence-electron chi connectivity index (χ3n) is 4.57. The fourth-order valence-corrected chi connectivity index (χ4v) is 3.37. The molecule has 2 atom stereocenters. The van der Waals surface area contributed by atoms with Gasteiger partial charge in [-0.05, 0) is 53.0 Å². The quantitative estimate of drug-likeness (QED) is 0.809. The zero-order chi connectivity index (χ0) is 13.2.